The zero-order valence-electron chi connectivity index (χ0n) is 9.60. The highest BCUT2D eigenvalue weighted by atomic mass is 16.6. The lowest BCUT2D eigenvalue weighted by molar-refractivity contribution is -0.385. The largest absolute Gasteiger partial charge is 0.326 e. The van der Waals surface area contributed by atoms with Gasteiger partial charge >= 0.3 is 6.03 Å². The summed E-state index contributed by atoms with van der Waals surface area (Å²) in [6.07, 6.45) is 0.112. The summed E-state index contributed by atoms with van der Waals surface area (Å²) in [5.41, 5.74) is 1.15. The quantitative estimate of drug-likeness (QED) is 0.466. The lowest BCUT2D eigenvalue weighted by Crippen LogP contribution is -2.31. The number of nitrogens with one attached hydrogen (secondary N) is 2. The maximum atomic E-state index is 11.4. The number of benzene rings is 1. The van der Waals surface area contributed by atoms with E-state index in [0.29, 0.717) is 5.56 Å². The molecule has 0 radical (unpaired) electrons. The molecule has 0 saturated carbocycles. The van der Waals surface area contributed by atoms with Crippen LogP contribution in [0.2, 0.25) is 0 Å². The Morgan fingerprint density at radius 2 is 2.11 bits per heavy atom. The molecule has 2 rings (SSSR count). The SMILES string of the molecule is Cc1cccc([N+](=O)[O-])c1CC1NC(=O)NC1=O. The Balaban J connectivity index is 2.31. The molecule has 1 fully saturated rings. The van der Waals surface area contributed by atoms with Crippen LogP contribution >= 0.6 is 0 Å². The third-order valence-electron chi connectivity index (χ3n) is 2.85. The molecule has 1 atom stereocenters. The average molecular weight is 249 g/mol. The monoisotopic (exact) mass is 249 g/mol. The van der Waals surface area contributed by atoms with Gasteiger partial charge in [-0.15, -0.1) is 0 Å². The minimum absolute atomic E-state index is 0.0380. The molecule has 1 heterocycles. The van der Waals surface area contributed by atoms with E-state index < -0.39 is 22.9 Å². The van der Waals surface area contributed by atoms with Crippen LogP contribution in [0.5, 0.6) is 0 Å². The molecule has 1 aromatic rings. The van der Waals surface area contributed by atoms with Crippen molar-refractivity contribution < 1.29 is 14.5 Å². The molecule has 1 saturated heterocycles. The highest BCUT2D eigenvalue weighted by molar-refractivity contribution is 6.04. The Bertz CT molecular complexity index is 541. The average Bonchev–Trinajstić information content (AvgIpc) is 2.60. The summed E-state index contributed by atoms with van der Waals surface area (Å²) in [4.78, 5) is 32.8. The van der Waals surface area contributed by atoms with Gasteiger partial charge in [0.2, 0.25) is 0 Å². The van der Waals surface area contributed by atoms with Crippen LogP contribution in [0.15, 0.2) is 18.2 Å². The zero-order chi connectivity index (χ0) is 13.3. The highest BCUT2D eigenvalue weighted by Gasteiger charge is 2.31. The van der Waals surface area contributed by atoms with Gasteiger partial charge in [0.25, 0.3) is 11.6 Å². The van der Waals surface area contributed by atoms with E-state index in [-0.39, 0.29) is 12.1 Å². The third kappa shape index (κ3) is 2.15. The normalized spacial score (nSPS) is 18.4. The van der Waals surface area contributed by atoms with E-state index in [2.05, 4.69) is 10.6 Å². The molecule has 0 aliphatic carbocycles. The molecule has 0 aromatic heterocycles. The van der Waals surface area contributed by atoms with Gasteiger partial charge in [0.05, 0.1) is 4.92 Å². The van der Waals surface area contributed by atoms with E-state index in [1.54, 1.807) is 19.1 Å². The number of aryl methyl sites for hydroxylation is 1. The van der Waals surface area contributed by atoms with Crippen LogP contribution in [-0.4, -0.2) is 22.9 Å². The van der Waals surface area contributed by atoms with Crippen LogP contribution in [-0.2, 0) is 11.2 Å². The summed E-state index contributed by atoms with van der Waals surface area (Å²) >= 11 is 0. The third-order valence-corrected chi connectivity index (χ3v) is 2.85. The molecule has 18 heavy (non-hydrogen) atoms. The number of imide groups is 1. The van der Waals surface area contributed by atoms with E-state index >= 15 is 0 Å². The highest BCUT2D eigenvalue weighted by Crippen LogP contribution is 2.23. The van der Waals surface area contributed by atoms with Crippen molar-refractivity contribution in [1.82, 2.24) is 10.6 Å². The molecule has 94 valence electrons. The minimum Gasteiger partial charge on any atom is -0.326 e. The van der Waals surface area contributed by atoms with Crippen LogP contribution in [0.3, 0.4) is 0 Å². The summed E-state index contributed by atoms with van der Waals surface area (Å²) in [5, 5.41) is 15.4. The summed E-state index contributed by atoms with van der Waals surface area (Å²) < 4.78 is 0. The maximum Gasteiger partial charge on any atom is 0.322 e. The molecular formula is C11H11N3O4. The van der Waals surface area contributed by atoms with Crippen molar-refractivity contribution in [2.24, 2.45) is 0 Å². The van der Waals surface area contributed by atoms with Gasteiger partial charge in [-0.25, -0.2) is 4.79 Å². The van der Waals surface area contributed by atoms with Crippen molar-refractivity contribution in [1.29, 1.82) is 0 Å². The Kier molecular flexibility index (Phi) is 2.97. The molecule has 1 unspecified atom stereocenters. The van der Waals surface area contributed by atoms with E-state index in [1.165, 1.54) is 6.07 Å². The lowest BCUT2D eigenvalue weighted by Gasteiger charge is -2.10. The Morgan fingerprint density at radius 1 is 1.39 bits per heavy atom. The molecule has 1 aromatic carbocycles. The Morgan fingerprint density at radius 3 is 2.67 bits per heavy atom. The molecule has 3 amide bonds. The van der Waals surface area contributed by atoms with E-state index in [9.17, 15) is 19.7 Å². The van der Waals surface area contributed by atoms with Crippen LogP contribution < -0.4 is 10.6 Å². The standard InChI is InChI=1S/C11H11N3O4/c1-6-3-2-4-9(14(17)18)7(6)5-8-10(15)13-11(16)12-8/h2-4,8H,5H2,1H3,(H2,12,13,15,16). The van der Waals surface area contributed by atoms with Gasteiger partial charge in [0.1, 0.15) is 6.04 Å². The number of urea groups is 1. The van der Waals surface area contributed by atoms with Gasteiger partial charge in [-0.05, 0) is 12.5 Å². The van der Waals surface area contributed by atoms with Gasteiger partial charge < -0.3 is 5.32 Å². The Labute approximate surface area is 102 Å². The lowest BCUT2D eigenvalue weighted by atomic mass is 9.99. The van der Waals surface area contributed by atoms with Gasteiger partial charge in [-0.3, -0.25) is 20.2 Å². The number of hydrogen-bond donors (Lipinski definition) is 2. The number of nitro groups is 1. The first kappa shape index (κ1) is 12.0. The van der Waals surface area contributed by atoms with Crippen LogP contribution in [0.1, 0.15) is 11.1 Å². The molecule has 7 heteroatoms. The predicted octanol–water partition coefficient (Wildman–Crippen LogP) is 0.654. The second-order valence-electron chi connectivity index (χ2n) is 4.05. The smallest absolute Gasteiger partial charge is 0.322 e. The van der Waals surface area contributed by atoms with Crippen molar-refractivity contribution in [2.75, 3.05) is 0 Å². The fraction of sp³-hybridized carbons (Fsp3) is 0.273. The maximum absolute atomic E-state index is 11.4. The number of carbonyl (C=O) groups excluding carboxylic acids is 2. The first-order valence-corrected chi connectivity index (χ1v) is 5.33. The molecule has 0 spiro atoms. The molecular weight excluding hydrogens is 238 g/mol. The van der Waals surface area contributed by atoms with Crippen LogP contribution in [0.25, 0.3) is 0 Å². The van der Waals surface area contributed by atoms with E-state index in [4.69, 9.17) is 0 Å². The first-order chi connectivity index (χ1) is 8.49. The second kappa shape index (κ2) is 4.44. The first-order valence-electron chi connectivity index (χ1n) is 5.33. The van der Waals surface area contributed by atoms with Gasteiger partial charge in [0.15, 0.2) is 0 Å². The van der Waals surface area contributed by atoms with E-state index in [1.807, 2.05) is 0 Å². The Hall–Kier alpha value is -2.44. The van der Waals surface area contributed by atoms with Crippen LogP contribution in [0, 0.1) is 17.0 Å². The van der Waals surface area contributed by atoms with Crippen molar-refractivity contribution in [3.05, 3.63) is 39.4 Å². The van der Waals surface area contributed by atoms with Crippen molar-refractivity contribution in [3.8, 4) is 0 Å². The van der Waals surface area contributed by atoms with Gasteiger partial charge in [-0.2, -0.15) is 0 Å². The number of nitrogens with zero attached hydrogens (tertiary/aromatic N) is 1. The van der Waals surface area contributed by atoms with Gasteiger partial charge in [-0.1, -0.05) is 12.1 Å². The zero-order valence-corrected chi connectivity index (χ0v) is 9.60. The molecule has 2 N–H and O–H groups in total. The minimum atomic E-state index is -0.753. The number of nitro benzene ring substituents is 1. The summed E-state index contributed by atoms with van der Waals surface area (Å²) in [5.74, 6) is -0.461. The molecule has 0 bridgehead atoms. The summed E-state index contributed by atoms with van der Waals surface area (Å²) in [7, 11) is 0. The topological polar surface area (TPSA) is 101 Å². The molecule has 7 nitrogen and oxygen atoms in total. The fourth-order valence-electron chi connectivity index (χ4n) is 1.93. The predicted molar refractivity (Wildman–Crippen MR) is 62.0 cm³/mol. The fourth-order valence-corrected chi connectivity index (χ4v) is 1.93. The number of amides is 3. The van der Waals surface area contributed by atoms with Crippen molar-refractivity contribution >= 4 is 17.6 Å². The van der Waals surface area contributed by atoms with Crippen molar-refractivity contribution in [2.45, 2.75) is 19.4 Å². The second-order valence-corrected chi connectivity index (χ2v) is 4.05. The van der Waals surface area contributed by atoms with E-state index in [0.717, 1.165) is 5.56 Å². The molecule has 1 aliphatic rings. The summed E-state index contributed by atoms with van der Waals surface area (Å²) in [6, 6.07) is 3.39. The molecule has 1 aliphatic heterocycles. The van der Waals surface area contributed by atoms with Crippen molar-refractivity contribution in [3.63, 3.8) is 0 Å². The number of hydrogen-bond acceptors (Lipinski definition) is 4. The number of rotatable bonds is 3. The van der Waals surface area contributed by atoms with Gasteiger partial charge in [0, 0.05) is 18.1 Å². The number of carbonyl (C=O) groups is 2. The van der Waals surface area contributed by atoms with Crippen LogP contribution in [0.4, 0.5) is 10.5 Å². The summed E-state index contributed by atoms with van der Waals surface area (Å²) in [6.45, 7) is 1.73.